The van der Waals surface area contributed by atoms with E-state index in [1.54, 1.807) is 71.0 Å². The summed E-state index contributed by atoms with van der Waals surface area (Å²) in [7, 11) is 0. The van der Waals surface area contributed by atoms with Gasteiger partial charge < -0.3 is 30.5 Å². The lowest BCUT2D eigenvalue weighted by molar-refractivity contribution is -0.141. The zero-order valence-corrected chi connectivity index (χ0v) is 22.8. The smallest absolute Gasteiger partial charge is 0.408 e. The number of para-hydroxylation sites is 2. The first-order chi connectivity index (χ1) is 17.3. The summed E-state index contributed by atoms with van der Waals surface area (Å²) >= 11 is 6.33. The molecule has 202 valence electrons. The molecule has 2 unspecified atom stereocenters. The number of aromatic hydroxyl groups is 1. The van der Waals surface area contributed by atoms with Crippen molar-refractivity contribution in [2.24, 2.45) is 0 Å². The number of phenolic OH excluding ortho intramolecular Hbond substituents is 1. The average Bonchev–Trinajstić information content (AvgIpc) is 2.80. The molecule has 0 bridgehead atoms. The quantitative estimate of drug-likeness (QED) is 0.376. The van der Waals surface area contributed by atoms with Crippen LogP contribution in [0.5, 0.6) is 5.75 Å². The summed E-state index contributed by atoms with van der Waals surface area (Å²) in [5, 5.41) is 26.3. The van der Waals surface area contributed by atoms with E-state index < -0.39 is 42.2 Å². The van der Waals surface area contributed by atoms with Crippen LogP contribution in [0.4, 0.5) is 10.5 Å². The van der Waals surface area contributed by atoms with Gasteiger partial charge >= 0.3 is 6.09 Å². The van der Waals surface area contributed by atoms with E-state index in [0.29, 0.717) is 28.3 Å². The number of nitrogens with zero attached hydrogens (tertiary/aromatic N) is 1. The second kappa shape index (κ2) is 12.8. The molecule has 0 saturated heterocycles. The number of carbonyl (C=O) groups excluding carboxylic acids is 3. The molecule has 2 aromatic rings. The zero-order chi connectivity index (χ0) is 27.9. The summed E-state index contributed by atoms with van der Waals surface area (Å²) in [5.41, 5.74) is 0.970. The van der Waals surface area contributed by atoms with E-state index in [4.69, 9.17) is 16.3 Å². The minimum atomic E-state index is -1.38. The molecular formula is C27H36ClN3O6. The Bertz CT molecular complexity index is 1110. The normalized spacial score (nSPS) is 12.9. The predicted octanol–water partition coefficient (Wildman–Crippen LogP) is 4.47. The van der Waals surface area contributed by atoms with Crippen LogP contribution in [-0.2, 0) is 14.3 Å². The topological polar surface area (TPSA) is 128 Å². The summed E-state index contributed by atoms with van der Waals surface area (Å²) in [6, 6.07) is 7.38. The molecule has 0 fully saturated rings. The van der Waals surface area contributed by atoms with Crippen LogP contribution in [0.25, 0.3) is 0 Å². The molecule has 0 radical (unpaired) electrons. The lowest BCUT2D eigenvalue weighted by atomic mass is 9.99. The Morgan fingerprint density at radius 2 is 1.70 bits per heavy atom. The van der Waals surface area contributed by atoms with Crippen molar-refractivity contribution < 1.29 is 29.3 Å². The molecule has 0 aliphatic rings. The van der Waals surface area contributed by atoms with Gasteiger partial charge in [-0.1, -0.05) is 48.9 Å². The fraction of sp³-hybridized carbons (Fsp3) is 0.444. The summed E-state index contributed by atoms with van der Waals surface area (Å²) in [4.78, 5) is 41.0. The van der Waals surface area contributed by atoms with Crippen LogP contribution >= 0.6 is 11.6 Å². The van der Waals surface area contributed by atoms with Crippen molar-refractivity contribution in [3.05, 3.63) is 58.1 Å². The second-order valence-electron chi connectivity index (χ2n) is 9.75. The van der Waals surface area contributed by atoms with Crippen molar-refractivity contribution in [2.45, 2.75) is 65.6 Å². The van der Waals surface area contributed by atoms with Crippen LogP contribution in [0, 0.1) is 13.8 Å². The molecule has 4 N–H and O–H groups in total. The molecular weight excluding hydrogens is 498 g/mol. The molecule has 37 heavy (non-hydrogen) atoms. The number of rotatable bonds is 9. The van der Waals surface area contributed by atoms with Gasteiger partial charge in [-0.3, -0.25) is 9.59 Å². The molecule has 0 aliphatic heterocycles. The molecule has 9 nitrogen and oxygen atoms in total. The molecule has 0 spiro atoms. The van der Waals surface area contributed by atoms with Crippen molar-refractivity contribution in [1.29, 1.82) is 0 Å². The van der Waals surface area contributed by atoms with E-state index >= 15 is 0 Å². The Labute approximate surface area is 222 Å². The summed E-state index contributed by atoms with van der Waals surface area (Å²) in [6.07, 6.45) is -0.430. The Morgan fingerprint density at radius 1 is 1.08 bits per heavy atom. The highest BCUT2D eigenvalue weighted by atomic mass is 35.5. The SMILES string of the molecule is CCCN(C(=O)C(CO)NC(=O)OC(C)(C)C)C(C(=O)Nc1c(C)cccc1Cl)c1cccc(C)c1O. The highest BCUT2D eigenvalue weighted by molar-refractivity contribution is 6.34. The number of amides is 3. The van der Waals surface area contributed by atoms with E-state index in [-0.39, 0.29) is 17.9 Å². The minimum absolute atomic E-state index is 0.0955. The number of halogens is 1. The Hall–Kier alpha value is -3.30. The largest absolute Gasteiger partial charge is 0.507 e. The number of alkyl carbamates (subject to hydrolysis) is 1. The van der Waals surface area contributed by atoms with Gasteiger partial charge in [0.15, 0.2) is 0 Å². The van der Waals surface area contributed by atoms with Crippen molar-refractivity contribution in [3.63, 3.8) is 0 Å². The Balaban J connectivity index is 2.54. The predicted molar refractivity (Wildman–Crippen MR) is 143 cm³/mol. The minimum Gasteiger partial charge on any atom is -0.507 e. The number of aliphatic hydroxyl groups excluding tert-OH is 1. The van der Waals surface area contributed by atoms with E-state index in [1.165, 1.54) is 4.90 Å². The first-order valence-electron chi connectivity index (χ1n) is 12.1. The number of ether oxygens (including phenoxy) is 1. The maximum absolute atomic E-state index is 13.8. The van der Waals surface area contributed by atoms with Crippen LogP contribution < -0.4 is 10.6 Å². The molecule has 2 rings (SSSR count). The zero-order valence-electron chi connectivity index (χ0n) is 22.1. The number of aliphatic hydroxyl groups is 1. The van der Waals surface area contributed by atoms with Gasteiger partial charge in [-0.15, -0.1) is 0 Å². The average molecular weight is 534 g/mol. The van der Waals surface area contributed by atoms with Crippen LogP contribution in [-0.4, -0.2) is 57.8 Å². The first kappa shape index (κ1) is 29.9. The fourth-order valence-electron chi connectivity index (χ4n) is 3.78. The lowest BCUT2D eigenvalue weighted by Crippen LogP contribution is -2.54. The van der Waals surface area contributed by atoms with E-state index in [9.17, 15) is 24.6 Å². The first-order valence-corrected chi connectivity index (χ1v) is 12.4. The monoisotopic (exact) mass is 533 g/mol. The van der Waals surface area contributed by atoms with Crippen molar-refractivity contribution in [3.8, 4) is 5.75 Å². The van der Waals surface area contributed by atoms with Gasteiger partial charge in [0.2, 0.25) is 5.91 Å². The molecule has 10 heteroatoms. The molecule has 3 amide bonds. The number of nitrogens with one attached hydrogen (secondary N) is 2. The van der Waals surface area contributed by atoms with Gasteiger partial charge in [0.1, 0.15) is 23.4 Å². The molecule has 0 saturated carbocycles. The number of phenols is 1. The Kier molecular flexibility index (Phi) is 10.3. The maximum atomic E-state index is 13.8. The summed E-state index contributed by atoms with van der Waals surface area (Å²) in [5.74, 6) is -1.48. The third-order valence-corrected chi connectivity index (χ3v) is 5.83. The van der Waals surface area contributed by atoms with Crippen LogP contribution in [0.2, 0.25) is 5.02 Å². The van der Waals surface area contributed by atoms with Crippen molar-refractivity contribution in [1.82, 2.24) is 10.2 Å². The van der Waals surface area contributed by atoms with Gasteiger partial charge in [0, 0.05) is 12.1 Å². The lowest BCUT2D eigenvalue weighted by Gasteiger charge is -2.34. The molecule has 0 aromatic heterocycles. The van der Waals surface area contributed by atoms with E-state index in [2.05, 4.69) is 10.6 Å². The number of hydrogen-bond acceptors (Lipinski definition) is 6. The molecule has 0 heterocycles. The molecule has 0 aliphatic carbocycles. The van der Waals surface area contributed by atoms with E-state index in [0.717, 1.165) is 0 Å². The standard InChI is InChI=1S/C27H36ClN3O6/c1-7-14-31(25(35)20(15-32)29-26(36)37-27(4,5)6)22(18-12-8-11-17(3)23(18)33)24(34)30-21-16(2)10-9-13-19(21)28/h8-13,20,22,32-33H,7,14-15H2,1-6H3,(H,29,36)(H,30,34). The number of anilines is 1. The van der Waals surface area contributed by atoms with E-state index in [1.807, 2.05) is 6.92 Å². The van der Waals surface area contributed by atoms with Crippen LogP contribution in [0.15, 0.2) is 36.4 Å². The maximum Gasteiger partial charge on any atom is 0.408 e. The molecule has 2 atom stereocenters. The Morgan fingerprint density at radius 3 is 2.27 bits per heavy atom. The van der Waals surface area contributed by atoms with Gasteiger partial charge in [0.05, 0.1) is 17.3 Å². The third-order valence-electron chi connectivity index (χ3n) is 5.51. The fourth-order valence-corrected chi connectivity index (χ4v) is 4.05. The second-order valence-corrected chi connectivity index (χ2v) is 10.2. The number of hydrogen-bond donors (Lipinski definition) is 4. The van der Waals surface area contributed by atoms with Gasteiger partial charge in [-0.2, -0.15) is 0 Å². The van der Waals surface area contributed by atoms with Gasteiger partial charge in [-0.25, -0.2) is 4.79 Å². The van der Waals surface area contributed by atoms with Crippen molar-refractivity contribution in [2.75, 3.05) is 18.5 Å². The number of benzene rings is 2. The van der Waals surface area contributed by atoms with Crippen LogP contribution in [0.3, 0.4) is 0 Å². The molecule has 2 aromatic carbocycles. The van der Waals surface area contributed by atoms with Gasteiger partial charge in [0.25, 0.3) is 5.91 Å². The number of carbonyl (C=O) groups is 3. The van der Waals surface area contributed by atoms with Crippen molar-refractivity contribution >= 4 is 35.2 Å². The summed E-state index contributed by atoms with van der Waals surface area (Å²) in [6.45, 7) is 9.66. The van der Waals surface area contributed by atoms with Crippen LogP contribution in [0.1, 0.15) is 56.8 Å². The summed E-state index contributed by atoms with van der Waals surface area (Å²) < 4.78 is 5.23. The van der Waals surface area contributed by atoms with Gasteiger partial charge in [-0.05, 0) is 58.2 Å². The highest BCUT2D eigenvalue weighted by Gasteiger charge is 2.37. The number of aryl methyl sites for hydroxylation is 2. The third kappa shape index (κ3) is 7.84. The highest BCUT2D eigenvalue weighted by Crippen LogP contribution is 2.34.